The SMILES string of the molecule is CC(CBr)CCc1csc2ccccc12. The number of fused-ring (bicyclic) bond motifs is 1. The maximum Gasteiger partial charge on any atom is 0.0345 e. The van der Waals surface area contributed by atoms with Crippen molar-refractivity contribution in [1.29, 1.82) is 0 Å². The molecule has 0 saturated heterocycles. The van der Waals surface area contributed by atoms with Gasteiger partial charge in [0, 0.05) is 10.0 Å². The maximum atomic E-state index is 3.53. The first-order valence-corrected chi connectivity index (χ1v) is 7.32. The van der Waals surface area contributed by atoms with E-state index in [-0.39, 0.29) is 0 Å². The topological polar surface area (TPSA) is 0 Å². The molecule has 0 aliphatic heterocycles. The van der Waals surface area contributed by atoms with Crippen LogP contribution in [0.15, 0.2) is 29.6 Å². The molecule has 0 fully saturated rings. The van der Waals surface area contributed by atoms with Gasteiger partial charge in [0.25, 0.3) is 0 Å². The minimum atomic E-state index is 0.767. The van der Waals surface area contributed by atoms with Crippen molar-refractivity contribution in [1.82, 2.24) is 0 Å². The fourth-order valence-corrected chi connectivity index (χ4v) is 3.03. The summed E-state index contributed by atoms with van der Waals surface area (Å²) in [5.41, 5.74) is 1.52. The molecule has 80 valence electrons. The van der Waals surface area contributed by atoms with Crippen LogP contribution in [0, 0.1) is 5.92 Å². The average Bonchev–Trinajstić information content (AvgIpc) is 2.69. The van der Waals surface area contributed by atoms with Crippen LogP contribution in [0.25, 0.3) is 10.1 Å². The molecule has 0 amide bonds. The van der Waals surface area contributed by atoms with Crippen LogP contribution >= 0.6 is 27.3 Å². The second-order valence-corrected chi connectivity index (χ2v) is 5.61. The zero-order valence-corrected chi connectivity index (χ0v) is 11.3. The first kappa shape index (κ1) is 11.2. The molecular weight excluding hydrogens is 268 g/mol. The summed E-state index contributed by atoms with van der Waals surface area (Å²) < 4.78 is 1.42. The Labute approximate surface area is 103 Å². The highest BCUT2D eigenvalue weighted by Gasteiger charge is 2.05. The number of thiophene rings is 1. The average molecular weight is 283 g/mol. The number of hydrogen-bond donors (Lipinski definition) is 0. The molecule has 15 heavy (non-hydrogen) atoms. The van der Waals surface area contributed by atoms with Crippen molar-refractivity contribution in [3.8, 4) is 0 Å². The monoisotopic (exact) mass is 282 g/mol. The summed E-state index contributed by atoms with van der Waals surface area (Å²) in [6.07, 6.45) is 2.47. The first-order chi connectivity index (χ1) is 7.31. The largest absolute Gasteiger partial charge is 0.144 e. The summed E-state index contributed by atoms with van der Waals surface area (Å²) in [7, 11) is 0. The molecule has 1 aromatic carbocycles. The lowest BCUT2D eigenvalue weighted by molar-refractivity contribution is 0.601. The third-order valence-electron chi connectivity index (χ3n) is 2.73. The standard InChI is InChI=1S/C13H15BrS/c1-10(8-14)6-7-11-9-15-13-5-3-2-4-12(11)13/h2-5,9-10H,6-8H2,1H3. The molecule has 0 radical (unpaired) electrons. The molecule has 2 heteroatoms. The number of benzene rings is 1. The number of rotatable bonds is 4. The predicted molar refractivity (Wildman–Crippen MR) is 73.1 cm³/mol. The van der Waals surface area contributed by atoms with Crippen LogP contribution in [-0.4, -0.2) is 5.33 Å². The van der Waals surface area contributed by atoms with Crippen LogP contribution in [0.1, 0.15) is 18.9 Å². The smallest absolute Gasteiger partial charge is 0.0345 e. The Morgan fingerprint density at radius 1 is 1.33 bits per heavy atom. The minimum absolute atomic E-state index is 0.767. The Hall–Kier alpha value is -0.340. The summed E-state index contributed by atoms with van der Waals surface area (Å²) >= 11 is 5.39. The number of alkyl halides is 1. The van der Waals surface area contributed by atoms with Gasteiger partial charge in [0.15, 0.2) is 0 Å². The van der Waals surface area contributed by atoms with Crippen LogP contribution in [0.2, 0.25) is 0 Å². The highest BCUT2D eigenvalue weighted by Crippen LogP contribution is 2.27. The van der Waals surface area contributed by atoms with E-state index < -0.39 is 0 Å². The van der Waals surface area contributed by atoms with E-state index in [1.54, 1.807) is 0 Å². The summed E-state index contributed by atoms with van der Waals surface area (Å²) in [6, 6.07) is 8.69. The third-order valence-corrected chi connectivity index (χ3v) is 4.85. The molecule has 0 bridgehead atoms. The quantitative estimate of drug-likeness (QED) is 0.703. The van der Waals surface area contributed by atoms with Crippen molar-refractivity contribution < 1.29 is 0 Å². The van der Waals surface area contributed by atoms with Crippen molar-refractivity contribution in [3.05, 3.63) is 35.2 Å². The molecule has 0 saturated carbocycles. The lowest BCUT2D eigenvalue weighted by atomic mass is 10.0. The highest BCUT2D eigenvalue weighted by atomic mass is 79.9. The van der Waals surface area contributed by atoms with E-state index >= 15 is 0 Å². The number of halogens is 1. The predicted octanol–water partition coefficient (Wildman–Crippen LogP) is 4.86. The van der Waals surface area contributed by atoms with E-state index in [0.29, 0.717) is 0 Å². The second kappa shape index (κ2) is 5.13. The second-order valence-electron chi connectivity index (χ2n) is 4.06. The molecule has 1 unspecified atom stereocenters. The molecule has 0 aliphatic rings. The molecular formula is C13H15BrS. The maximum absolute atomic E-state index is 3.53. The van der Waals surface area contributed by atoms with Gasteiger partial charge >= 0.3 is 0 Å². The molecule has 0 aliphatic carbocycles. The van der Waals surface area contributed by atoms with Gasteiger partial charge in [0.1, 0.15) is 0 Å². The molecule has 2 aromatic rings. The molecule has 0 spiro atoms. The van der Waals surface area contributed by atoms with Crippen LogP contribution in [0.5, 0.6) is 0 Å². The Kier molecular flexibility index (Phi) is 3.81. The van der Waals surface area contributed by atoms with Gasteiger partial charge in [-0.1, -0.05) is 41.1 Å². The Morgan fingerprint density at radius 2 is 2.13 bits per heavy atom. The Balaban J connectivity index is 2.14. The van der Waals surface area contributed by atoms with E-state index in [1.165, 1.54) is 28.5 Å². The third kappa shape index (κ3) is 2.61. The lowest BCUT2D eigenvalue weighted by Crippen LogP contribution is -1.97. The summed E-state index contributed by atoms with van der Waals surface area (Å²) in [5, 5.41) is 4.87. The van der Waals surface area contributed by atoms with Crippen LogP contribution in [0.3, 0.4) is 0 Å². The zero-order chi connectivity index (χ0) is 10.7. The van der Waals surface area contributed by atoms with Crippen molar-refractivity contribution in [2.45, 2.75) is 19.8 Å². The van der Waals surface area contributed by atoms with E-state index in [2.05, 4.69) is 52.5 Å². The van der Waals surface area contributed by atoms with Gasteiger partial charge in [-0.3, -0.25) is 0 Å². The van der Waals surface area contributed by atoms with Gasteiger partial charge in [0.05, 0.1) is 0 Å². The lowest BCUT2D eigenvalue weighted by Gasteiger charge is -2.05. The van der Waals surface area contributed by atoms with Crippen molar-refractivity contribution >= 4 is 37.4 Å². The first-order valence-electron chi connectivity index (χ1n) is 5.32. The van der Waals surface area contributed by atoms with E-state index in [0.717, 1.165) is 11.2 Å². The van der Waals surface area contributed by atoms with Crippen LogP contribution in [-0.2, 0) is 6.42 Å². The summed E-state index contributed by atoms with van der Waals surface area (Å²) in [5.74, 6) is 0.767. The number of aryl methyl sites for hydroxylation is 1. The molecule has 0 nitrogen and oxygen atoms in total. The van der Waals surface area contributed by atoms with Gasteiger partial charge in [-0.05, 0) is 41.2 Å². The van der Waals surface area contributed by atoms with Crippen molar-refractivity contribution in [2.75, 3.05) is 5.33 Å². The van der Waals surface area contributed by atoms with Crippen molar-refractivity contribution in [3.63, 3.8) is 0 Å². The van der Waals surface area contributed by atoms with Crippen LogP contribution in [0.4, 0.5) is 0 Å². The Bertz CT molecular complexity index is 433. The van der Waals surface area contributed by atoms with Gasteiger partial charge in [-0.15, -0.1) is 11.3 Å². The Morgan fingerprint density at radius 3 is 2.93 bits per heavy atom. The van der Waals surface area contributed by atoms with Crippen molar-refractivity contribution in [2.24, 2.45) is 5.92 Å². The van der Waals surface area contributed by atoms with Gasteiger partial charge < -0.3 is 0 Å². The molecule has 2 rings (SSSR count). The normalized spacial score (nSPS) is 13.2. The molecule has 1 aromatic heterocycles. The molecule has 0 N–H and O–H groups in total. The van der Waals surface area contributed by atoms with Gasteiger partial charge in [-0.2, -0.15) is 0 Å². The van der Waals surface area contributed by atoms with E-state index in [1.807, 2.05) is 11.3 Å². The highest BCUT2D eigenvalue weighted by molar-refractivity contribution is 9.09. The fraction of sp³-hybridized carbons (Fsp3) is 0.385. The number of hydrogen-bond acceptors (Lipinski definition) is 1. The van der Waals surface area contributed by atoms with Gasteiger partial charge in [0.2, 0.25) is 0 Å². The molecule has 1 atom stereocenters. The molecule has 1 heterocycles. The van der Waals surface area contributed by atoms with Gasteiger partial charge in [-0.25, -0.2) is 0 Å². The van der Waals surface area contributed by atoms with Crippen LogP contribution < -0.4 is 0 Å². The minimum Gasteiger partial charge on any atom is -0.144 e. The van der Waals surface area contributed by atoms with E-state index in [9.17, 15) is 0 Å². The summed E-state index contributed by atoms with van der Waals surface area (Å²) in [6.45, 7) is 2.29. The van der Waals surface area contributed by atoms with E-state index in [4.69, 9.17) is 0 Å². The zero-order valence-electron chi connectivity index (χ0n) is 8.87. The fourth-order valence-electron chi connectivity index (χ4n) is 1.71. The summed E-state index contributed by atoms with van der Waals surface area (Å²) in [4.78, 5) is 0.